The Bertz CT molecular complexity index is 444. The van der Waals surface area contributed by atoms with Gasteiger partial charge in [0.15, 0.2) is 11.5 Å². The van der Waals surface area contributed by atoms with Crippen molar-refractivity contribution in [2.75, 3.05) is 27.8 Å². The van der Waals surface area contributed by atoms with Crippen LogP contribution in [-0.4, -0.2) is 43.9 Å². The molecule has 0 aliphatic heterocycles. The number of likely N-dealkylation sites (N-methyl/N-ethyl adjacent to an activating group) is 1. The first-order valence-corrected chi connectivity index (χ1v) is 7.76. The zero-order valence-electron chi connectivity index (χ0n) is 13.3. The van der Waals surface area contributed by atoms with Gasteiger partial charge in [0.1, 0.15) is 0 Å². The molecule has 1 aromatic carbocycles. The van der Waals surface area contributed by atoms with Crippen LogP contribution >= 0.6 is 0 Å². The van der Waals surface area contributed by atoms with E-state index in [4.69, 9.17) is 9.47 Å². The summed E-state index contributed by atoms with van der Waals surface area (Å²) in [5.41, 5.74) is 0.871. The number of methoxy groups -OCH3 is 2. The Morgan fingerprint density at radius 2 is 1.81 bits per heavy atom. The third kappa shape index (κ3) is 4.11. The van der Waals surface area contributed by atoms with Crippen LogP contribution in [0.2, 0.25) is 0 Å². The maximum Gasteiger partial charge on any atom is 0.161 e. The highest BCUT2D eigenvalue weighted by atomic mass is 16.5. The topological polar surface area (TPSA) is 41.9 Å². The molecule has 21 heavy (non-hydrogen) atoms. The Kier molecular flexibility index (Phi) is 5.88. The number of rotatable bonds is 6. The number of ether oxygens (including phenoxy) is 2. The van der Waals surface area contributed by atoms with Crippen molar-refractivity contribution in [1.82, 2.24) is 4.90 Å². The minimum Gasteiger partial charge on any atom is -0.493 e. The van der Waals surface area contributed by atoms with E-state index in [2.05, 4.69) is 11.9 Å². The molecule has 0 radical (unpaired) electrons. The molecule has 0 heterocycles. The molecule has 1 saturated carbocycles. The standard InChI is InChI=1S/C17H27NO3/c1-18(14-7-5-4-6-8-14)12-15(19)13-9-10-16(20-2)17(11-13)21-3/h9-11,14-15,19H,4-8,12H2,1-3H3. The van der Waals surface area contributed by atoms with Crippen LogP contribution in [-0.2, 0) is 0 Å². The van der Waals surface area contributed by atoms with E-state index in [0.717, 1.165) is 5.56 Å². The van der Waals surface area contributed by atoms with Gasteiger partial charge in [0.2, 0.25) is 0 Å². The van der Waals surface area contributed by atoms with Gasteiger partial charge in [-0.1, -0.05) is 25.3 Å². The lowest BCUT2D eigenvalue weighted by Crippen LogP contribution is -2.36. The Hall–Kier alpha value is -1.26. The molecule has 1 aliphatic rings. The predicted octanol–water partition coefficient (Wildman–Crippen LogP) is 3.00. The largest absolute Gasteiger partial charge is 0.493 e. The summed E-state index contributed by atoms with van der Waals surface area (Å²) in [7, 11) is 5.34. The summed E-state index contributed by atoms with van der Waals surface area (Å²) in [6, 6.07) is 6.21. The van der Waals surface area contributed by atoms with Crippen LogP contribution in [0.5, 0.6) is 11.5 Å². The third-order valence-corrected chi connectivity index (χ3v) is 4.45. The van der Waals surface area contributed by atoms with Crippen LogP contribution < -0.4 is 9.47 Å². The molecule has 0 saturated heterocycles. The van der Waals surface area contributed by atoms with Crippen molar-refractivity contribution < 1.29 is 14.6 Å². The fourth-order valence-corrected chi connectivity index (χ4v) is 3.11. The first-order chi connectivity index (χ1) is 10.2. The molecular formula is C17H27NO3. The fourth-order valence-electron chi connectivity index (χ4n) is 3.11. The number of aliphatic hydroxyl groups is 1. The van der Waals surface area contributed by atoms with Crippen LogP contribution in [0, 0.1) is 0 Å². The number of nitrogens with zero attached hydrogens (tertiary/aromatic N) is 1. The average molecular weight is 293 g/mol. The molecule has 0 aromatic heterocycles. The second-order valence-corrected chi connectivity index (χ2v) is 5.86. The molecule has 4 nitrogen and oxygen atoms in total. The molecule has 1 atom stereocenters. The van der Waals surface area contributed by atoms with Crippen LogP contribution in [0.3, 0.4) is 0 Å². The van der Waals surface area contributed by atoms with Gasteiger partial charge in [0, 0.05) is 12.6 Å². The Balaban J connectivity index is 2.00. The molecule has 1 fully saturated rings. The lowest BCUT2D eigenvalue weighted by atomic mass is 9.94. The number of hydrogen-bond acceptors (Lipinski definition) is 4. The molecule has 0 bridgehead atoms. The van der Waals surface area contributed by atoms with Crippen LogP contribution in [0.25, 0.3) is 0 Å². The maximum atomic E-state index is 10.5. The zero-order chi connectivity index (χ0) is 15.2. The van der Waals surface area contributed by atoms with Crippen molar-refractivity contribution in [2.24, 2.45) is 0 Å². The second kappa shape index (κ2) is 7.66. The van der Waals surface area contributed by atoms with Crippen LogP contribution in [0.1, 0.15) is 43.8 Å². The molecule has 1 unspecified atom stereocenters. The van der Waals surface area contributed by atoms with Gasteiger partial charge in [-0.2, -0.15) is 0 Å². The lowest BCUT2D eigenvalue weighted by molar-refractivity contribution is 0.0912. The lowest BCUT2D eigenvalue weighted by Gasteiger charge is -2.32. The monoisotopic (exact) mass is 293 g/mol. The summed E-state index contributed by atoms with van der Waals surface area (Å²) < 4.78 is 10.5. The SMILES string of the molecule is COc1ccc(C(O)CN(C)C2CCCCC2)cc1OC. The molecule has 1 aliphatic carbocycles. The van der Waals surface area contributed by atoms with E-state index in [0.29, 0.717) is 24.1 Å². The van der Waals surface area contributed by atoms with Gasteiger partial charge in [0.25, 0.3) is 0 Å². The average Bonchev–Trinajstić information content (AvgIpc) is 2.54. The van der Waals surface area contributed by atoms with Crippen molar-refractivity contribution in [1.29, 1.82) is 0 Å². The summed E-state index contributed by atoms with van der Waals surface area (Å²) in [5, 5.41) is 10.5. The highest BCUT2D eigenvalue weighted by molar-refractivity contribution is 5.43. The molecule has 2 rings (SSSR count). The van der Waals surface area contributed by atoms with Crippen molar-refractivity contribution in [2.45, 2.75) is 44.2 Å². The zero-order valence-corrected chi connectivity index (χ0v) is 13.3. The van der Waals surface area contributed by atoms with Gasteiger partial charge in [-0.3, -0.25) is 0 Å². The van der Waals surface area contributed by atoms with Crippen molar-refractivity contribution in [3.05, 3.63) is 23.8 Å². The quantitative estimate of drug-likeness (QED) is 0.875. The molecule has 0 spiro atoms. The minimum atomic E-state index is -0.503. The Labute approximate surface area is 127 Å². The van der Waals surface area contributed by atoms with Crippen LogP contribution in [0.15, 0.2) is 18.2 Å². The summed E-state index contributed by atoms with van der Waals surface area (Å²) in [6.45, 7) is 0.653. The van der Waals surface area contributed by atoms with E-state index in [1.807, 2.05) is 18.2 Å². The highest BCUT2D eigenvalue weighted by Gasteiger charge is 2.21. The summed E-state index contributed by atoms with van der Waals surface area (Å²) in [5.74, 6) is 1.35. The van der Waals surface area contributed by atoms with Crippen molar-refractivity contribution in [3.8, 4) is 11.5 Å². The first kappa shape index (κ1) is 16.1. The summed E-state index contributed by atoms with van der Waals surface area (Å²) >= 11 is 0. The summed E-state index contributed by atoms with van der Waals surface area (Å²) in [6.07, 6.45) is 5.95. The van der Waals surface area contributed by atoms with Gasteiger partial charge in [-0.15, -0.1) is 0 Å². The Morgan fingerprint density at radius 3 is 2.43 bits per heavy atom. The van der Waals surface area contributed by atoms with E-state index in [1.165, 1.54) is 32.1 Å². The van der Waals surface area contributed by atoms with E-state index in [9.17, 15) is 5.11 Å². The smallest absolute Gasteiger partial charge is 0.161 e. The van der Waals surface area contributed by atoms with Crippen molar-refractivity contribution in [3.63, 3.8) is 0 Å². The number of benzene rings is 1. The Morgan fingerprint density at radius 1 is 1.14 bits per heavy atom. The molecule has 1 aromatic rings. The van der Waals surface area contributed by atoms with Gasteiger partial charge in [-0.25, -0.2) is 0 Å². The van der Waals surface area contributed by atoms with Gasteiger partial charge >= 0.3 is 0 Å². The normalized spacial score (nSPS) is 17.8. The van der Waals surface area contributed by atoms with Gasteiger partial charge < -0.3 is 19.5 Å². The molecule has 118 valence electrons. The van der Waals surface area contributed by atoms with Gasteiger partial charge in [0.05, 0.1) is 20.3 Å². The van der Waals surface area contributed by atoms with Crippen LogP contribution in [0.4, 0.5) is 0 Å². The highest BCUT2D eigenvalue weighted by Crippen LogP contribution is 2.31. The fraction of sp³-hybridized carbons (Fsp3) is 0.647. The summed E-state index contributed by atoms with van der Waals surface area (Å²) in [4.78, 5) is 2.29. The first-order valence-electron chi connectivity index (χ1n) is 7.76. The van der Waals surface area contributed by atoms with Gasteiger partial charge in [-0.05, 0) is 37.6 Å². The molecule has 4 heteroatoms. The minimum absolute atomic E-state index is 0.503. The van der Waals surface area contributed by atoms with Crippen molar-refractivity contribution >= 4 is 0 Å². The van der Waals surface area contributed by atoms with E-state index in [-0.39, 0.29) is 0 Å². The number of aliphatic hydroxyl groups excluding tert-OH is 1. The van der Waals surface area contributed by atoms with E-state index in [1.54, 1.807) is 14.2 Å². The van der Waals surface area contributed by atoms with E-state index >= 15 is 0 Å². The molecule has 1 N–H and O–H groups in total. The second-order valence-electron chi connectivity index (χ2n) is 5.86. The maximum absolute atomic E-state index is 10.5. The number of hydrogen-bond donors (Lipinski definition) is 1. The third-order valence-electron chi connectivity index (χ3n) is 4.45. The predicted molar refractivity (Wildman–Crippen MR) is 84.0 cm³/mol. The van der Waals surface area contributed by atoms with E-state index < -0.39 is 6.10 Å². The molecule has 0 amide bonds. The molecular weight excluding hydrogens is 266 g/mol.